The van der Waals surface area contributed by atoms with Crippen molar-refractivity contribution in [3.8, 4) is 5.75 Å². The van der Waals surface area contributed by atoms with Gasteiger partial charge < -0.3 is 15.2 Å². The smallest absolute Gasteiger partial charge is 0.480 e. The Labute approximate surface area is 70.7 Å². The van der Waals surface area contributed by atoms with Crippen LogP contribution in [0.1, 0.15) is 5.56 Å². The lowest BCUT2D eigenvalue weighted by molar-refractivity contribution is 0.424. The summed E-state index contributed by atoms with van der Waals surface area (Å²) in [6.07, 6.45) is 1.56. The Bertz CT molecular complexity index is 266. The monoisotopic (exact) mass is 164 g/mol. The highest BCUT2D eigenvalue weighted by atomic mass is 16.4. The fourth-order valence-electron chi connectivity index (χ4n) is 0.783. The molecule has 0 spiro atoms. The van der Waals surface area contributed by atoms with E-state index in [0.717, 1.165) is 5.56 Å². The van der Waals surface area contributed by atoms with Gasteiger partial charge in [-0.3, -0.25) is 0 Å². The Morgan fingerprint density at radius 1 is 1.08 bits per heavy atom. The Hall–Kier alpha value is -1.26. The lowest BCUT2D eigenvalue weighted by Gasteiger charge is -1.93. The third kappa shape index (κ3) is 2.78. The molecule has 0 aromatic heterocycles. The summed E-state index contributed by atoms with van der Waals surface area (Å²) in [5.74, 6) is 1.43. The van der Waals surface area contributed by atoms with Crippen molar-refractivity contribution in [1.82, 2.24) is 0 Å². The molecular weight excluding hydrogens is 155 g/mol. The van der Waals surface area contributed by atoms with E-state index in [1.807, 2.05) is 0 Å². The van der Waals surface area contributed by atoms with E-state index in [0.29, 0.717) is 0 Å². The normalized spacial score (nSPS) is 10.5. The Kier molecular flexibility index (Phi) is 2.91. The molecule has 3 nitrogen and oxygen atoms in total. The fourth-order valence-corrected chi connectivity index (χ4v) is 0.783. The number of rotatable bonds is 2. The molecule has 0 saturated carbocycles. The molecule has 0 aliphatic rings. The molecule has 0 aliphatic carbocycles. The van der Waals surface area contributed by atoms with Crippen LogP contribution in [0.15, 0.2) is 30.2 Å². The van der Waals surface area contributed by atoms with E-state index in [1.165, 1.54) is 18.1 Å². The maximum Gasteiger partial charge on any atom is 0.480 e. The number of phenols is 1. The van der Waals surface area contributed by atoms with Crippen LogP contribution in [0.4, 0.5) is 0 Å². The van der Waals surface area contributed by atoms with Gasteiger partial charge in [0.25, 0.3) is 0 Å². The molecule has 0 amide bonds. The van der Waals surface area contributed by atoms with Crippen molar-refractivity contribution in [1.29, 1.82) is 0 Å². The first kappa shape index (κ1) is 8.84. The molecule has 0 saturated heterocycles. The van der Waals surface area contributed by atoms with E-state index in [2.05, 4.69) is 0 Å². The van der Waals surface area contributed by atoms with Crippen molar-refractivity contribution in [2.24, 2.45) is 0 Å². The zero-order valence-electron chi connectivity index (χ0n) is 6.38. The first-order valence-electron chi connectivity index (χ1n) is 3.52. The number of benzene rings is 1. The van der Waals surface area contributed by atoms with Crippen LogP contribution in [-0.4, -0.2) is 22.3 Å². The van der Waals surface area contributed by atoms with Gasteiger partial charge in [-0.25, -0.2) is 0 Å². The van der Waals surface area contributed by atoms with Gasteiger partial charge in [-0.2, -0.15) is 0 Å². The fraction of sp³-hybridized carbons (Fsp3) is 0. The summed E-state index contributed by atoms with van der Waals surface area (Å²) >= 11 is 0. The van der Waals surface area contributed by atoms with Gasteiger partial charge in [-0.1, -0.05) is 24.2 Å². The molecule has 3 N–H and O–H groups in total. The molecule has 1 rings (SSSR count). The van der Waals surface area contributed by atoms with Gasteiger partial charge in [0.2, 0.25) is 0 Å². The number of hydrogen-bond donors (Lipinski definition) is 3. The number of hydrogen-bond acceptors (Lipinski definition) is 3. The summed E-state index contributed by atoms with van der Waals surface area (Å²) in [6, 6.07) is 6.41. The van der Waals surface area contributed by atoms with Crippen molar-refractivity contribution < 1.29 is 15.2 Å². The summed E-state index contributed by atoms with van der Waals surface area (Å²) in [4.78, 5) is 0. The van der Waals surface area contributed by atoms with Crippen LogP contribution in [0.25, 0.3) is 6.08 Å². The second-order valence-electron chi connectivity index (χ2n) is 2.36. The van der Waals surface area contributed by atoms with Crippen molar-refractivity contribution in [3.63, 3.8) is 0 Å². The number of aromatic hydroxyl groups is 1. The minimum atomic E-state index is -1.43. The van der Waals surface area contributed by atoms with Crippen LogP contribution >= 0.6 is 0 Å². The van der Waals surface area contributed by atoms with Gasteiger partial charge in [0, 0.05) is 0 Å². The Morgan fingerprint density at radius 3 is 2.17 bits per heavy atom. The summed E-state index contributed by atoms with van der Waals surface area (Å²) in [7, 11) is -1.43. The van der Waals surface area contributed by atoms with Crippen LogP contribution in [0.2, 0.25) is 0 Å². The topological polar surface area (TPSA) is 60.7 Å². The lowest BCUT2D eigenvalue weighted by atomic mass is 9.91. The van der Waals surface area contributed by atoms with Gasteiger partial charge in [0.05, 0.1) is 0 Å². The molecule has 0 fully saturated rings. The van der Waals surface area contributed by atoms with Gasteiger partial charge in [-0.15, -0.1) is 0 Å². The standard InChI is InChI=1S/C8H9BO3/c10-8-3-1-7(2-4-8)5-6-9(11)12/h1-6,10-12H/b6-5+. The van der Waals surface area contributed by atoms with E-state index >= 15 is 0 Å². The van der Waals surface area contributed by atoms with Crippen LogP contribution in [0, 0.1) is 0 Å². The molecule has 1 aromatic carbocycles. The highest BCUT2D eigenvalue weighted by Gasteiger charge is 1.97. The summed E-state index contributed by atoms with van der Waals surface area (Å²) in [6.45, 7) is 0. The highest BCUT2D eigenvalue weighted by molar-refractivity contribution is 6.48. The summed E-state index contributed by atoms with van der Waals surface area (Å²) < 4.78 is 0. The van der Waals surface area contributed by atoms with Crippen LogP contribution in [-0.2, 0) is 0 Å². The van der Waals surface area contributed by atoms with Gasteiger partial charge in [0.15, 0.2) is 0 Å². The van der Waals surface area contributed by atoms with Crippen LogP contribution in [0.5, 0.6) is 5.75 Å². The van der Waals surface area contributed by atoms with Gasteiger partial charge in [0.1, 0.15) is 5.75 Å². The van der Waals surface area contributed by atoms with E-state index in [-0.39, 0.29) is 5.75 Å². The Balaban J connectivity index is 2.71. The molecule has 0 radical (unpaired) electrons. The predicted molar refractivity (Wildman–Crippen MR) is 47.3 cm³/mol. The molecule has 0 unspecified atom stereocenters. The molecule has 4 heteroatoms. The minimum absolute atomic E-state index is 0.191. The second kappa shape index (κ2) is 3.94. The average molecular weight is 164 g/mol. The van der Waals surface area contributed by atoms with E-state index in [4.69, 9.17) is 15.2 Å². The highest BCUT2D eigenvalue weighted by Crippen LogP contribution is 2.10. The molecule has 12 heavy (non-hydrogen) atoms. The largest absolute Gasteiger partial charge is 0.508 e. The maximum absolute atomic E-state index is 8.91. The molecule has 0 heterocycles. The number of phenolic OH excluding ortho intramolecular Hbond substituents is 1. The van der Waals surface area contributed by atoms with Crippen LogP contribution < -0.4 is 0 Å². The van der Waals surface area contributed by atoms with Crippen molar-refractivity contribution in [2.45, 2.75) is 0 Å². The van der Waals surface area contributed by atoms with E-state index in [1.54, 1.807) is 18.2 Å². The third-order valence-corrected chi connectivity index (χ3v) is 1.35. The first-order chi connectivity index (χ1) is 5.68. The summed E-state index contributed by atoms with van der Waals surface area (Å²) in [5, 5.41) is 25.9. The third-order valence-electron chi connectivity index (χ3n) is 1.35. The molecule has 1 aromatic rings. The van der Waals surface area contributed by atoms with Crippen molar-refractivity contribution in [2.75, 3.05) is 0 Å². The first-order valence-corrected chi connectivity index (χ1v) is 3.52. The maximum atomic E-state index is 8.91. The van der Waals surface area contributed by atoms with E-state index in [9.17, 15) is 0 Å². The lowest BCUT2D eigenvalue weighted by Crippen LogP contribution is -2.05. The zero-order chi connectivity index (χ0) is 8.97. The predicted octanol–water partition coefficient (Wildman–Crippen LogP) is 0.417. The quantitative estimate of drug-likeness (QED) is 0.555. The van der Waals surface area contributed by atoms with Gasteiger partial charge in [-0.05, 0) is 17.7 Å². The minimum Gasteiger partial charge on any atom is -0.508 e. The molecule has 0 bridgehead atoms. The zero-order valence-corrected chi connectivity index (χ0v) is 6.38. The second-order valence-corrected chi connectivity index (χ2v) is 2.36. The van der Waals surface area contributed by atoms with Crippen LogP contribution in [0.3, 0.4) is 0 Å². The molecule has 0 aliphatic heterocycles. The molecule has 62 valence electrons. The van der Waals surface area contributed by atoms with Crippen molar-refractivity contribution in [3.05, 3.63) is 35.8 Å². The average Bonchev–Trinajstić information content (AvgIpc) is 2.03. The SMILES string of the molecule is OB(O)/C=C/c1ccc(O)cc1. The van der Waals surface area contributed by atoms with E-state index < -0.39 is 7.12 Å². The Morgan fingerprint density at radius 2 is 1.67 bits per heavy atom. The summed E-state index contributed by atoms with van der Waals surface area (Å²) in [5.41, 5.74) is 0.806. The van der Waals surface area contributed by atoms with Crippen molar-refractivity contribution >= 4 is 13.2 Å². The molecule has 0 atom stereocenters. The molecular formula is C8H9BO3. The van der Waals surface area contributed by atoms with Gasteiger partial charge >= 0.3 is 7.12 Å².